The summed E-state index contributed by atoms with van der Waals surface area (Å²) in [6.45, 7) is 6.96. The number of rotatable bonds is 8. The second kappa shape index (κ2) is 10.1. The van der Waals surface area contributed by atoms with E-state index in [0.29, 0.717) is 30.6 Å². The molecule has 4 rings (SSSR count). The Labute approximate surface area is 204 Å². The van der Waals surface area contributed by atoms with Gasteiger partial charge in [0.15, 0.2) is 5.82 Å². The molecule has 2 amide bonds. The van der Waals surface area contributed by atoms with Gasteiger partial charge in [0.2, 0.25) is 11.8 Å². The van der Waals surface area contributed by atoms with Crippen LogP contribution in [0.25, 0.3) is 5.69 Å². The van der Waals surface area contributed by atoms with Crippen LogP contribution in [0.15, 0.2) is 39.5 Å². The number of hydrogen-bond donors (Lipinski definition) is 1. The average Bonchev–Trinajstić information content (AvgIpc) is 3.37. The minimum Gasteiger partial charge on any atom is -0.360 e. The second-order valence-corrected chi connectivity index (χ2v) is 10.5. The topological polar surface area (TPSA) is 106 Å². The second-order valence-electron chi connectivity index (χ2n) is 8.22. The number of likely N-dealkylation sites (tertiary alicyclic amines) is 1. The Morgan fingerprint density at radius 3 is 2.79 bits per heavy atom. The summed E-state index contributed by atoms with van der Waals surface area (Å²) in [7, 11) is 0. The first-order valence-corrected chi connectivity index (χ1v) is 12.4. The van der Waals surface area contributed by atoms with Crippen LogP contribution in [0.2, 0.25) is 0 Å². The molecule has 1 N–H and O–H groups in total. The number of halogens is 1. The number of aromatic nitrogens is 4. The Hall–Kier alpha value is -2.66. The highest BCUT2D eigenvalue weighted by atomic mass is 79.9. The summed E-state index contributed by atoms with van der Waals surface area (Å²) in [6, 6.07) is 7.69. The smallest absolute Gasteiger partial charge is 0.238 e. The zero-order valence-corrected chi connectivity index (χ0v) is 21.0. The van der Waals surface area contributed by atoms with Crippen molar-refractivity contribution in [1.29, 1.82) is 0 Å². The van der Waals surface area contributed by atoms with Gasteiger partial charge in [-0.05, 0) is 56.9 Å². The molecule has 9 nitrogen and oxygen atoms in total. The largest absolute Gasteiger partial charge is 0.360 e. The van der Waals surface area contributed by atoms with E-state index in [-0.39, 0.29) is 22.8 Å². The molecule has 3 aromatic rings. The van der Waals surface area contributed by atoms with Crippen molar-refractivity contribution in [2.24, 2.45) is 5.92 Å². The zero-order valence-electron chi connectivity index (χ0n) is 18.6. The Balaban J connectivity index is 1.20. The standard InChI is InChI=1S/C22H25BrN6O3S/c1-13-6-17(23)4-5-19(13)29-11-18(25-27-29)8-16-9-28(10-16)21(30)12-33-15(3)22(31)24-20-7-14(2)32-26-20/h4-7,11,15-16H,8-10,12H2,1-3H3,(H,24,26,31). The van der Waals surface area contributed by atoms with Crippen LogP contribution in [-0.4, -0.2) is 61.0 Å². The molecule has 1 fully saturated rings. The lowest BCUT2D eigenvalue weighted by Gasteiger charge is -2.39. The van der Waals surface area contributed by atoms with Crippen molar-refractivity contribution in [2.45, 2.75) is 32.4 Å². The molecule has 1 aliphatic heterocycles. The Bertz CT molecular complexity index is 1160. The van der Waals surface area contributed by atoms with Gasteiger partial charge in [-0.25, -0.2) is 4.68 Å². The van der Waals surface area contributed by atoms with Crippen LogP contribution >= 0.6 is 27.7 Å². The molecule has 0 bridgehead atoms. The number of carbonyl (C=O) groups is 2. The molecule has 0 spiro atoms. The summed E-state index contributed by atoms with van der Waals surface area (Å²) in [6.07, 6.45) is 2.73. The number of benzene rings is 1. The molecule has 1 aliphatic rings. The van der Waals surface area contributed by atoms with Crippen LogP contribution in [0, 0.1) is 19.8 Å². The molecular weight excluding hydrogens is 508 g/mol. The highest BCUT2D eigenvalue weighted by Crippen LogP contribution is 2.23. The van der Waals surface area contributed by atoms with E-state index in [0.717, 1.165) is 27.8 Å². The van der Waals surface area contributed by atoms with E-state index in [1.165, 1.54) is 11.8 Å². The third kappa shape index (κ3) is 5.83. The van der Waals surface area contributed by atoms with Gasteiger partial charge >= 0.3 is 0 Å². The van der Waals surface area contributed by atoms with Gasteiger partial charge in [-0.1, -0.05) is 26.3 Å². The van der Waals surface area contributed by atoms with Crippen molar-refractivity contribution < 1.29 is 14.1 Å². The normalized spacial score (nSPS) is 14.7. The average molecular weight is 533 g/mol. The molecule has 0 radical (unpaired) electrons. The van der Waals surface area contributed by atoms with Gasteiger partial charge < -0.3 is 14.7 Å². The van der Waals surface area contributed by atoms with Crippen molar-refractivity contribution in [3.63, 3.8) is 0 Å². The van der Waals surface area contributed by atoms with Crippen molar-refractivity contribution in [1.82, 2.24) is 25.1 Å². The van der Waals surface area contributed by atoms with E-state index < -0.39 is 0 Å². The molecule has 11 heteroatoms. The molecule has 1 atom stereocenters. The van der Waals surface area contributed by atoms with Gasteiger partial charge in [0.05, 0.1) is 28.6 Å². The molecule has 0 aliphatic carbocycles. The van der Waals surface area contributed by atoms with Crippen LogP contribution < -0.4 is 5.32 Å². The monoisotopic (exact) mass is 532 g/mol. The summed E-state index contributed by atoms with van der Waals surface area (Å²) in [4.78, 5) is 26.5. The van der Waals surface area contributed by atoms with Crippen molar-refractivity contribution in [2.75, 3.05) is 24.2 Å². The summed E-state index contributed by atoms with van der Waals surface area (Å²) >= 11 is 4.79. The van der Waals surface area contributed by atoms with Gasteiger partial charge in [-0.2, -0.15) is 0 Å². The molecule has 1 aromatic carbocycles. The third-order valence-electron chi connectivity index (χ3n) is 5.46. The fourth-order valence-electron chi connectivity index (χ4n) is 3.60. The summed E-state index contributed by atoms with van der Waals surface area (Å²) in [5.74, 6) is 1.48. The lowest BCUT2D eigenvalue weighted by Crippen LogP contribution is -2.51. The van der Waals surface area contributed by atoms with E-state index in [2.05, 4.69) is 36.7 Å². The maximum absolute atomic E-state index is 12.5. The molecule has 0 saturated carbocycles. The highest BCUT2D eigenvalue weighted by Gasteiger charge is 2.31. The third-order valence-corrected chi connectivity index (χ3v) is 7.08. The van der Waals surface area contributed by atoms with Crippen LogP contribution in [0.1, 0.15) is 23.9 Å². The first-order chi connectivity index (χ1) is 15.8. The van der Waals surface area contributed by atoms with E-state index in [1.54, 1.807) is 24.6 Å². The number of amides is 2. The molecule has 1 unspecified atom stereocenters. The number of nitrogens with zero attached hydrogens (tertiary/aromatic N) is 5. The maximum atomic E-state index is 12.5. The Morgan fingerprint density at radius 2 is 2.09 bits per heavy atom. The molecule has 2 aromatic heterocycles. The number of aryl methyl sites for hydroxylation is 2. The molecule has 33 heavy (non-hydrogen) atoms. The lowest BCUT2D eigenvalue weighted by atomic mass is 9.95. The van der Waals surface area contributed by atoms with E-state index >= 15 is 0 Å². The Kier molecular flexibility index (Phi) is 7.18. The SMILES string of the molecule is Cc1cc(NC(=O)C(C)SCC(=O)N2CC(Cc3cn(-c4ccc(Br)cc4C)nn3)C2)no1. The van der Waals surface area contributed by atoms with Crippen LogP contribution in [-0.2, 0) is 16.0 Å². The quantitative estimate of drug-likeness (QED) is 0.473. The number of anilines is 1. The molecule has 174 valence electrons. The summed E-state index contributed by atoms with van der Waals surface area (Å²) in [5.41, 5.74) is 3.02. The van der Waals surface area contributed by atoms with Crippen LogP contribution in [0.5, 0.6) is 0 Å². The predicted octanol–water partition coefficient (Wildman–Crippen LogP) is 3.40. The summed E-state index contributed by atoms with van der Waals surface area (Å²) < 4.78 is 7.76. The zero-order chi connectivity index (χ0) is 23.5. The van der Waals surface area contributed by atoms with E-state index in [1.807, 2.05) is 36.2 Å². The van der Waals surface area contributed by atoms with Gasteiger partial charge in [0.1, 0.15) is 5.76 Å². The summed E-state index contributed by atoms with van der Waals surface area (Å²) in [5, 5.41) is 14.6. The first-order valence-electron chi connectivity index (χ1n) is 10.6. The molecular formula is C22H25BrN6O3S. The van der Waals surface area contributed by atoms with E-state index in [4.69, 9.17) is 4.52 Å². The fourth-order valence-corrected chi connectivity index (χ4v) is 4.86. The lowest BCUT2D eigenvalue weighted by molar-refractivity contribution is -0.134. The minimum atomic E-state index is -0.375. The van der Waals surface area contributed by atoms with Crippen LogP contribution in [0.3, 0.4) is 0 Å². The number of thioether (sulfide) groups is 1. The van der Waals surface area contributed by atoms with Crippen molar-refractivity contribution >= 4 is 45.3 Å². The minimum absolute atomic E-state index is 0.0438. The van der Waals surface area contributed by atoms with Crippen molar-refractivity contribution in [3.05, 3.63) is 52.0 Å². The highest BCUT2D eigenvalue weighted by molar-refractivity contribution is 9.10. The number of carbonyl (C=O) groups excluding carboxylic acids is 2. The van der Waals surface area contributed by atoms with Gasteiger partial charge in [0, 0.05) is 23.6 Å². The van der Waals surface area contributed by atoms with Crippen LogP contribution in [0.4, 0.5) is 5.82 Å². The fraction of sp³-hybridized carbons (Fsp3) is 0.409. The van der Waals surface area contributed by atoms with Gasteiger partial charge in [-0.3, -0.25) is 9.59 Å². The molecule has 3 heterocycles. The predicted molar refractivity (Wildman–Crippen MR) is 129 cm³/mol. The van der Waals surface area contributed by atoms with Gasteiger partial charge in [0.25, 0.3) is 0 Å². The number of nitrogens with one attached hydrogen (secondary N) is 1. The van der Waals surface area contributed by atoms with E-state index in [9.17, 15) is 9.59 Å². The van der Waals surface area contributed by atoms with Crippen molar-refractivity contribution in [3.8, 4) is 5.69 Å². The van der Waals surface area contributed by atoms with Gasteiger partial charge in [-0.15, -0.1) is 16.9 Å². The molecule has 1 saturated heterocycles. The Morgan fingerprint density at radius 1 is 1.30 bits per heavy atom. The first kappa shape index (κ1) is 23.5. The number of hydrogen-bond acceptors (Lipinski definition) is 7. The maximum Gasteiger partial charge on any atom is 0.238 e.